The summed E-state index contributed by atoms with van der Waals surface area (Å²) >= 11 is 1.62. The molecule has 3 aromatic rings. The maximum absolute atomic E-state index is 13.0. The molecule has 38 heavy (non-hydrogen) atoms. The Morgan fingerprint density at radius 2 is 1.71 bits per heavy atom. The van der Waals surface area contributed by atoms with Crippen molar-refractivity contribution in [3.8, 4) is 11.5 Å². The molecular weight excluding hydrogens is 504 g/mol. The zero-order valence-electron chi connectivity index (χ0n) is 22.3. The van der Waals surface area contributed by atoms with Gasteiger partial charge in [0.2, 0.25) is 5.75 Å². The van der Waals surface area contributed by atoms with Crippen molar-refractivity contribution in [2.75, 3.05) is 7.11 Å². The Kier molecular flexibility index (Phi) is 9.90. The lowest BCUT2D eigenvalue weighted by Crippen LogP contribution is -2.41. The number of esters is 2. The molecule has 0 spiro atoms. The number of benzene rings is 2. The van der Waals surface area contributed by atoms with Crippen LogP contribution in [0.3, 0.4) is 0 Å². The number of rotatable bonds is 10. The zero-order valence-corrected chi connectivity index (χ0v) is 23.1. The Balaban J connectivity index is 1.76. The highest BCUT2D eigenvalue weighted by molar-refractivity contribution is 7.99. The normalized spacial score (nSPS) is 13.1. The second-order valence-electron chi connectivity index (χ2n) is 8.84. The summed E-state index contributed by atoms with van der Waals surface area (Å²) in [5.41, 5.74) is 3.15. The Bertz CT molecular complexity index is 1300. The number of nitrogens with one attached hydrogen (secondary N) is 1. The second kappa shape index (κ2) is 13.1. The third kappa shape index (κ3) is 7.35. The molecule has 9 heteroatoms. The smallest absolute Gasteiger partial charge is 0.328 e. The quantitative estimate of drug-likeness (QED) is 0.278. The number of aryl methyl sites for hydroxylation is 2. The van der Waals surface area contributed by atoms with Crippen molar-refractivity contribution < 1.29 is 28.6 Å². The standard InChI is InChI=1S/C29H32N2O6S/c1-17-12-13-24(18(2)16-17)38-27(22-10-8-7-9-11-22)20(4)36-29(34)19(3)31-28(33)25-26(37-21(5)32)23(35-6)14-15-30-25/h7-16,19-20,27H,1-6H3,(H,31,33)/t19-,20-,27-/m0/s1. The van der Waals surface area contributed by atoms with Gasteiger partial charge in [0, 0.05) is 24.1 Å². The van der Waals surface area contributed by atoms with E-state index in [1.54, 1.807) is 11.8 Å². The summed E-state index contributed by atoms with van der Waals surface area (Å²) in [7, 11) is 1.38. The number of carbonyl (C=O) groups excluding carboxylic acids is 3. The van der Waals surface area contributed by atoms with Crippen LogP contribution in [-0.2, 0) is 14.3 Å². The number of hydrogen-bond donors (Lipinski definition) is 1. The summed E-state index contributed by atoms with van der Waals surface area (Å²) in [5.74, 6) is -1.91. The van der Waals surface area contributed by atoms with Crippen LogP contribution < -0.4 is 14.8 Å². The minimum Gasteiger partial charge on any atom is -0.493 e. The van der Waals surface area contributed by atoms with Gasteiger partial charge in [0.1, 0.15) is 12.1 Å². The topological polar surface area (TPSA) is 104 Å². The molecule has 3 atom stereocenters. The van der Waals surface area contributed by atoms with Gasteiger partial charge in [-0.25, -0.2) is 9.78 Å². The molecule has 1 heterocycles. The molecule has 8 nitrogen and oxygen atoms in total. The molecule has 1 N–H and O–H groups in total. The summed E-state index contributed by atoms with van der Waals surface area (Å²) in [6.07, 6.45) is 0.835. The third-order valence-corrected chi connectivity index (χ3v) is 7.31. The molecule has 0 fully saturated rings. The van der Waals surface area contributed by atoms with Crippen LogP contribution in [0.5, 0.6) is 11.5 Å². The molecule has 0 aliphatic carbocycles. The molecule has 0 aliphatic heterocycles. The first-order chi connectivity index (χ1) is 18.1. The van der Waals surface area contributed by atoms with E-state index in [1.165, 1.54) is 38.8 Å². The Morgan fingerprint density at radius 1 is 1.00 bits per heavy atom. The van der Waals surface area contributed by atoms with Gasteiger partial charge in [-0.2, -0.15) is 0 Å². The molecule has 0 bridgehead atoms. The first-order valence-electron chi connectivity index (χ1n) is 12.1. The van der Waals surface area contributed by atoms with E-state index in [0.717, 1.165) is 16.0 Å². The largest absolute Gasteiger partial charge is 0.493 e. The van der Waals surface area contributed by atoms with Crippen molar-refractivity contribution >= 4 is 29.6 Å². The van der Waals surface area contributed by atoms with Gasteiger partial charge in [-0.05, 0) is 44.9 Å². The molecule has 1 amide bonds. The second-order valence-corrected chi connectivity index (χ2v) is 10.0. The van der Waals surface area contributed by atoms with E-state index in [1.807, 2.05) is 44.2 Å². The van der Waals surface area contributed by atoms with Gasteiger partial charge in [0.15, 0.2) is 11.4 Å². The lowest BCUT2D eigenvalue weighted by molar-refractivity contribution is -0.150. The van der Waals surface area contributed by atoms with E-state index in [4.69, 9.17) is 14.2 Å². The number of nitrogens with zero attached hydrogens (tertiary/aromatic N) is 1. The molecule has 2 aromatic carbocycles. The average Bonchev–Trinajstić information content (AvgIpc) is 2.88. The number of hydrogen-bond acceptors (Lipinski definition) is 8. The van der Waals surface area contributed by atoms with Crippen LogP contribution in [-0.4, -0.2) is 42.1 Å². The van der Waals surface area contributed by atoms with E-state index >= 15 is 0 Å². The molecule has 0 saturated carbocycles. The highest BCUT2D eigenvalue weighted by atomic mass is 32.2. The SMILES string of the molecule is COc1ccnc(C(=O)N[C@@H](C)C(=O)O[C@@H](C)[C@H](Sc2ccc(C)cc2C)c2ccccc2)c1OC(C)=O. The van der Waals surface area contributed by atoms with E-state index in [9.17, 15) is 14.4 Å². The van der Waals surface area contributed by atoms with Crippen molar-refractivity contribution in [1.82, 2.24) is 10.3 Å². The molecule has 3 rings (SSSR count). The molecule has 1 aromatic heterocycles. The van der Waals surface area contributed by atoms with Gasteiger partial charge in [0.05, 0.1) is 12.4 Å². The number of ether oxygens (including phenoxy) is 3. The summed E-state index contributed by atoms with van der Waals surface area (Å²) < 4.78 is 16.2. The van der Waals surface area contributed by atoms with Crippen LogP contribution >= 0.6 is 11.8 Å². The lowest BCUT2D eigenvalue weighted by Gasteiger charge is -2.26. The minimum atomic E-state index is -0.995. The molecule has 200 valence electrons. The summed E-state index contributed by atoms with van der Waals surface area (Å²) in [6, 6.07) is 16.6. The van der Waals surface area contributed by atoms with Crippen LogP contribution in [0.2, 0.25) is 0 Å². The van der Waals surface area contributed by atoms with Gasteiger partial charge in [0.25, 0.3) is 5.91 Å². The van der Waals surface area contributed by atoms with Crippen molar-refractivity contribution in [3.05, 3.63) is 83.2 Å². The Hall–Kier alpha value is -3.85. The first kappa shape index (κ1) is 28.7. The fourth-order valence-electron chi connectivity index (χ4n) is 3.81. The monoisotopic (exact) mass is 536 g/mol. The highest BCUT2D eigenvalue weighted by Gasteiger charge is 2.29. The number of methoxy groups -OCH3 is 1. The number of aromatic nitrogens is 1. The van der Waals surface area contributed by atoms with E-state index in [2.05, 4.69) is 35.4 Å². The maximum atomic E-state index is 13.0. The van der Waals surface area contributed by atoms with Crippen LogP contribution in [0.4, 0.5) is 0 Å². The van der Waals surface area contributed by atoms with Crippen LogP contribution in [0.15, 0.2) is 65.7 Å². The van der Waals surface area contributed by atoms with E-state index in [-0.39, 0.29) is 22.4 Å². The van der Waals surface area contributed by atoms with Crippen molar-refractivity contribution in [2.45, 2.75) is 56.9 Å². The third-order valence-electron chi connectivity index (χ3n) is 5.69. The van der Waals surface area contributed by atoms with Crippen molar-refractivity contribution in [3.63, 3.8) is 0 Å². The maximum Gasteiger partial charge on any atom is 0.328 e. The van der Waals surface area contributed by atoms with Crippen LogP contribution in [0.25, 0.3) is 0 Å². The Morgan fingerprint density at radius 3 is 2.34 bits per heavy atom. The molecule has 0 saturated heterocycles. The van der Waals surface area contributed by atoms with Gasteiger partial charge in [-0.1, -0.05) is 48.0 Å². The molecular formula is C29H32N2O6S. The van der Waals surface area contributed by atoms with E-state index in [0.29, 0.717) is 0 Å². The van der Waals surface area contributed by atoms with Crippen molar-refractivity contribution in [1.29, 1.82) is 0 Å². The predicted octanol–water partition coefficient (Wildman–Crippen LogP) is 5.22. The van der Waals surface area contributed by atoms with E-state index < -0.39 is 30.0 Å². The Labute approximate surface area is 227 Å². The number of pyridine rings is 1. The molecule has 0 radical (unpaired) electrons. The summed E-state index contributed by atoms with van der Waals surface area (Å²) in [5, 5.41) is 2.40. The summed E-state index contributed by atoms with van der Waals surface area (Å²) in [6.45, 7) is 8.67. The zero-order chi connectivity index (χ0) is 27.8. The van der Waals surface area contributed by atoms with Crippen LogP contribution in [0, 0.1) is 13.8 Å². The average molecular weight is 537 g/mol. The van der Waals surface area contributed by atoms with Gasteiger partial charge in [-0.15, -0.1) is 11.8 Å². The molecule has 0 unspecified atom stereocenters. The predicted molar refractivity (Wildman–Crippen MR) is 146 cm³/mol. The first-order valence-corrected chi connectivity index (χ1v) is 13.0. The minimum absolute atomic E-state index is 0.122. The van der Waals surface area contributed by atoms with Gasteiger partial charge in [-0.3, -0.25) is 9.59 Å². The fourth-order valence-corrected chi connectivity index (χ4v) is 5.02. The van der Waals surface area contributed by atoms with Gasteiger partial charge < -0.3 is 19.5 Å². The number of thioether (sulfide) groups is 1. The number of carbonyl (C=O) groups is 3. The van der Waals surface area contributed by atoms with Gasteiger partial charge >= 0.3 is 11.9 Å². The summed E-state index contributed by atoms with van der Waals surface area (Å²) in [4.78, 5) is 42.6. The van der Waals surface area contributed by atoms with Crippen molar-refractivity contribution in [2.24, 2.45) is 0 Å². The molecule has 0 aliphatic rings. The van der Waals surface area contributed by atoms with Crippen LogP contribution in [0.1, 0.15) is 53.2 Å². The highest BCUT2D eigenvalue weighted by Crippen LogP contribution is 2.40. The lowest BCUT2D eigenvalue weighted by atomic mass is 10.1. The fraction of sp³-hybridized carbons (Fsp3) is 0.310. The number of amides is 1.